The number of fused-ring (bicyclic) bond motifs is 1. The van der Waals surface area contributed by atoms with Crippen molar-refractivity contribution in [1.29, 1.82) is 0 Å². The smallest absolute Gasteiger partial charge is 0.409 e. The highest BCUT2D eigenvalue weighted by molar-refractivity contribution is 5.76. The molecule has 1 aromatic carbocycles. The molecule has 1 aliphatic carbocycles. The van der Waals surface area contributed by atoms with E-state index in [4.69, 9.17) is 14.2 Å². The summed E-state index contributed by atoms with van der Waals surface area (Å²) >= 11 is 0. The van der Waals surface area contributed by atoms with Crippen LogP contribution >= 0.6 is 0 Å². The number of hydrogen-bond donors (Lipinski definition) is 1. The number of rotatable bonds is 7. The second-order valence-corrected chi connectivity index (χ2v) is 8.15. The second kappa shape index (κ2) is 9.37. The molecule has 0 aromatic heterocycles. The number of nitrogens with zero attached hydrogens (tertiary/aromatic N) is 1. The molecule has 1 atom stereocenters. The third-order valence-electron chi connectivity index (χ3n) is 5.93. The molecule has 7 heteroatoms. The van der Waals surface area contributed by atoms with Gasteiger partial charge in [0.15, 0.2) is 11.5 Å². The Labute approximate surface area is 172 Å². The lowest BCUT2D eigenvalue weighted by Gasteiger charge is -2.38. The molecule has 1 aromatic rings. The summed E-state index contributed by atoms with van der Waals surface area (Å²) in [7, 11) is 1.75. The van der Waals surface area contributed by atoms with Gasteiger partial charge in [0.25, 0.3) is 0 Å². The first-order valence-corrected chi connectivity index (χ1v) is 10.5. The van der Waals surface area contributed by atoms with E-state index in [1.165, 1.54) is 0 Å². The molecule has 1 aliphatic heterocycles. The highest BCUT2D eigenvalue weighted by Crippen LogP contribution is 2.33. The number of carbonyl (C=O) groups is 2. The number of ether oxygens (including phenoxy) is 3. The number of hydrogen-bond acceptors (Lipinski definition) is 5. The van der Waals surface area contributed by atoms with Crippen molar-refractivity contribution in [2.24, 2.45) is 0 Å². The van der Waals surface area contributed by atoms with Gasteiger partial charge in [-0.2, -0.15) is 0 Å². The summed E-state index contributed by atoms with van der Waals surface area (Å²) in [6.07, 6.45) is 5.68. The summed E-state index contributed by atoms with van der Waals surface area (Å²) in [5.41, 5.74) is 0.642. The van der Waals surface area contributed by atoms with Crippen LogP contribution in [0.2, 0.25) is 0 Å². The van der Waals surface area contributed by atoms with Crippen LogP contribution in [0.4, 0.5) is 4.79 Å². The van der Waals surface area contributed by atoms with Crippen LogP contribution in [-0.2, 0) is 16.0 Å². The molecule has 0 bridgehead atoms. The van der Waals surface area contributed by atoms with E-state index in [1.54, 1.807) is 11.9 Å². The third-order valence-corrected chi connectivity index (χ3v) is 5.93. The van der Waals surface area contributed by atoms with Gasteiger partial charge >= 0.3 is 6.09 Å². The minimum atomic E-state index is -0.428. The largest absolute Gasteiger partial charge is 0.454 e. The van der Waals surface area contributed by atoms with Crippen molar-refractivity contribution >= 4 is 12.0 Å². The summed E-state index contributed by atoms with van der Waals surface area (Å²) in [5, 5.41) is 3.11. The highest BCUT2D eigenvalue weighted by atomic mass is 16.7. The first-order valence-electron chi connectivity index (χ1n) is 10.5. The summed E-state index contributed by atoms with van der Waals surface area (Å²) in [5.74, 6) is 1.50. The van der Waals surface area contributed by atoms with Gasteiger partial charge in [-0.1, -0.05) is 32.3 Å². The predicted molar refractivity (Wildman–Crippen MR) is 109 cm³/mol. The quantitative estimate of drug-likeness (QED) is 0.751. The minimum Gasteiger partial charge on any atom is -0.454 e. The number of nitrogens with one attached hydrogen (secondary N) is 1. The Bertz CT molecular complexity index is 730. The molecule has 7 nitrogen and oxygen atoms in total. The topological polar surface area (TPSA) is 77.1 Å². The summed E-state index contributed by atoms with van der Waals surface area (Å²) < 4.78 is 16.4. The van der Waals surface area contributed by atoms with Crippen LogP contribution in [0.1, 0.15) is 57.9 Å². The molecule has 1 fully saturated rings. The van der Waals surface area contributed by atoms with Crippen molar-refractivity contribution in [3.05, 3.63) is 23.8 Å². The molecule has 29 heavy (non-hydrogen) atoms. The molecule has 2 amide bonds. The van der Waals surface area contributed by atoms with E-state index in [-0.39, 0.29) is 31.4 Å². The molecule has 1 N–H and O–H groups in total. The Morgan fingerprint density at radius 3 is 2.66 bits per heavy atom. The number of likely N-dealkylation sites (N-methyl/N-ethyl adjacent to an activating group) is 1. The maximum absolute atomic E-state index is 12.6. The fraction of sp³-hybridized carbons (Fsp3) is 0.636. The highest BCUT2D eigenvalue weighted by Gasteiger charge is 2.35. The molecular weight excluding hydrogens is 372 g/mol. The van der Waals surface area contributed by atoms with E-state index in [9.17, 15) is 9.59 Å². The van der Waals surface area contributed by atoms with Gasteiger partial charge in [-0.25, -0.2) is 4.79 Å². The van der Waals surface area contributed by atoms with Crippen molar-refractivity contribution in [3.63, 3.8) is 0 Å². The van der Waals surface area contributed by atoms with E-state index in [1.807, 2.05) is 32.0 Å². The van der Waals surface area contributed by atoms with E-state index in [2.05, 4.69) is 5.32 Å². The van der Waals surface area contributed by atoms with Crippen LogP contribution in [0, 0.1) is 0 Å². The number of amides is 2. The van der Waals surface area contributed by atoms with Crippen LogP contribution in [0.3, 0.4) is 0 Å². The fourth-order valence-corrected chi connectivity index (χ4v) is 3.95. The molecule has 2 aliphatic rings. The van der Waals surface area contributed by atoms with Crippen molar-refractivity contribution < 1.29 is 23.8 Å². The van der Waals surface area contributed by atoms with Gasteiger partial charge in [0.05, 0.1) is 5.54 Å². The van der Waals surface area contributed by atoms with Gasteiger partial charge in [0, 0.05) is 19.5 Å². The number of benzene rings is 1. The van der Waals surface area contributed by atoms with E-state index in [0.29, 0.717) is 12.8 Å². The van der Waals surface area contributed by atoms with E-state index >= 15 is 0 Å². The predicted octanol–water partition coefficient (Wildman–Crippen LogP) is 3.64. The molecule has 1 saturated carbocycles. The standard InChI is InChI=1S/C22H32N2O5/c1-4-20(25)23-22(10-6-5-7-11-22)14-27-21(26)24(3)16(2)12-17-8-9-18-19(13-17)29-15-28-18/h8-9,13,16H,4-7,10-12,14-15H2,1-3H3,(H,23,25). The Morgan fingerprint density at radius 1 is 1.21 bits per heavy atom. The summed E-state index contributed by atoms with van der Waals surface area (Å²) in [6, 6.07) is 5.79. The monoisotopic (exact) mass is 404 g/mol. The van der Waals surface area contributed by atoms with Gasteiger partial charge in [-0.15, -0.1) is 0 Å². The van der Waals surface area contributed by atoms with Gasteiger partial charge in [-0.05, 0) is 43.9 Å². The molecule has 3 rings (SSSR count). The SMILES string of the molecule is CCC(=O)NC1(COC(=O)N(C)C(C)Cc2ccc3c(c2)OCO3)CCCCC1. The van der Waals surface area contributed by atoms with Gasteiger partial charge < -0.3 is 24.4 Å². The fourth-order valence-electron chi connectivity index (χ4n) is 3.95. The molecule has 160 valence electrons. The van der Waals surface area contributed by atoms with Crippen molar-refractivity contribution in [2.45, 2.75) is 70.4 Å². The zero-order valence-electron chi connectivity index (χ0n) is 17.7. The van der Waals surface area contributed by atoms with E-state index < -0.39 is 5.54 Å². The Morgan fingerprint density at radius 2 is 1.93 bits per heavy atom. The van der Waals surface area contributed by atoms with Crippen molar-refractivity contribution in [3.8, 4) is 11.5 Å². The van der Waals surface area contributed by atoms with Crippen LogP contribution in [0.15, 0.2) is 18.2 Å². The third kappa shape index (κ3) is 5.34. The average Bonchev–Trinajstić information content (AvgIpc) is 3.20. The zero-order valence-corrected chi connectivity index (χ0v) is 17.7. The molecule has 0 spiro atoms. The Balaban J connectivity index is 1.55. The van der Waals surface area contributed by atoms with Gasteiger partial charge in [-0.3, -0.25) is 4.79 Å². The first kappa shape index (κ1) is 21.3. The molecule has 1 unspecified atom stereocenters. The van der Waals surface area contributed by atoms with Gasteiger partial charge in [0.2, 0.25) is 12.7 Å². The maximum Gasteiger partial charge on any atom is 0.409 e. The molecule has 0 saturated heterocycles. The lowest BCUT2D eigenvalue weighted by atomic mass is 9.82. The Hall–Kier alpha value is -2.44. The van der Waals surface area contributed by atoms with Crippen molar-refractivity contribution in [2.75, 3.05) is 20.4 Å². The second-order valence-electron chi connectivity index (χ2n) is 8.15. The summed E-state index contributed by atoms with van der Waals surface area (Å²) in [6.45, 7) is 4.29. The van der Waals surface area contributed by atoms with Crippen LogP contribution in [0.5, 0.6) is 11.5 Å². The molecule has 1 heterocycles. The van der Waals surface area contributed by atoms with Crippen LogP contribution in [0.25, 0.3) is 0 Å². The minimum absolute atomic E-state index is 0.00693. The first-order chi connectivity index (χ1) is 13.9. The maximum atomic E-state index is 12.6. The van der Waals surface area contributed by atoms with E-state index in [0.717, 1.165) is 49.2 Å². The molecule has 0 radical (unpaired) electrons. The van der Waals surface area contributed by atoms with Crippen molar-refractivity contribution in [1.82, 2.24) is 10.2 Å². The average molecular weight is 405 g/mol. The zero-order chi connectivity index (χ0) is 20.9. The number of carbonyl (C=O) groups excluding carboxylic acids is 2. The van der Waals surface area contributed by atoms with Crippen LogP contribution in [-0.4, -0.2) is 48.9 Å². The van der Waals surface area contributed by atoms with Crippen LogP contribution < -0.4 is 14.8 Å². The molecular formula is C22H32N2O5. The summed E-state index contributed by atoms with van der Waals surface area (Å²) in [4.78, 5) is 26.2. The Kier molecular flexibility index (Phi) is 6.87. The normalized spacial score (nSPS) is 18.0. The lowest BCUT2D eigenvalue weighted by molar-refractivity contribution is -0.124. The van der Waals surface area contributed by atoms with Gasteiger partial charge in [0.1, 0.15) is 6.61 Å². The lowest BCUT2D eigenvalue weighted by Crippen LogP contribution is -2.54.